The number of aryl methyl sites for hydroxylation is 2. The van der Waals surface area contributed by atoms with Crippen LogP contribution in [-0.2, 0) is 11.8 Å². The van der Waals surface area contributed by atoms with Crippen LogP contribution >= 0.6 is 11.3 Å². The molecule has 0 spiro atoms. The largest absolute Gasteiger partial charge is 0.383 e. The van der Waals surface area contributed by atoms with Gasteiger partial charge in [0, 0.05) is 37.8 Å². The van der Waals surface area contributed by atoms with Gasteiger partial charge in [-0.25, -0.2) is 4.98 Å². The Kier molecular flexibility index (Phi) is 3.75. The lowest BCUT2D eigenvalue weighted by atomic mass is 10.2. The number of methoxy groups -OCH3 is 1. The minimum absolute atomic E-state index is 0.681. The van der Waals surface area contributed by atoms with Crippen molar-refractivity contribution in [3.63, 3.8) is 0 Å². The highest BCUT2D eigenvalue weighted by Crippen LogP contribution is 2.26. The van der Waals surface area contributed by atoms with Gasteiger partial charge in [0.15, 0.2) is 5.13 Å². The molecule has 2 aromatic heterocycles. The highest BCUT2D eigenvalue weighted by Gasteiger charge is 2.09. The van der Waals surface area contributed by atoms with Gasteiger partial charge in [-0.05, 0) is 6.92 Å². The molecule has 5 nitrogen and oxygen atoms in total. The molecule has 0 saturated heterocycles. The zero-order valence-corrected chi connectivity index (χ0v) is 11.0. The molecule has 0 radical (unpaired) electrons. The Bertz CT molecular complexity index is 491. The predicted octanol–water partition coefficient (Wildman–Crippen LogP) is 1.91. The lowest BCUT2D eigenvalue weighted by Crippen LogP contribution is -2.06. The summed E-state index contributed by atoms with van der Waals surface area (Å²) in [5, 5.41) is 10.5. The van der Waals surface area contributed by atoms with Crippen molar-refractivity contribution in [1.82, 2.24) is 14.8 Å². The molecule has 17 heavy (non-hydrogen) atoms. The molecule has 0 amide bonds. The second-order valence-electron chi connectivity index (χ2n) is 3.76. The third kappa shape index (κ3) is 2.83. The molecular weight excluding hydrogens is 236 g/mol. The van der Waals surface area contributed by atoms with E-state index >= 15 is 0 Å². The first-order valence-corrected chi connectivity index (χ1v) is 6.27. The summed E-state index contributed by atoms with van der Waals surface area (Å²) in [6, 6.07) is 0. The number of anilines is 1. The molecule has 0 saturated carbocycles. The highest BCUT2D eigenvalue weighted by molar-refractivity contribution is 7.14. The van der Waals surface area contributed by atoms with E-state index in [0.29, 0.717) is 6.61 Å². The number of thiazole rings is 1. The van der Waals surface area contributed by atoms with E-state index in [4.69, 9.17) is 4.74 Å². The summed E-state index contributed by atoms with van der Waals surface area (Å²) in [5.41, 5.74) is 3.06. The Morgan fingerprint density at radius 3 is 3.00 bits per heavy atom. The summed E-state index contributed by atoms with van der Waals surface area (Å²) in [5.74, 6) is 0. The molecular formula is C11H16N4OS. The van der Waals surface area contributed by atoms with E-state index in [2.05, 4.69) is 15.4 Å². The second kappa shape index (κ2) is 5.29. The average Bonchev–Trinajstić information content (AvgIpc) is 2.86. The van der Waals surface area contributed by atoms with Crippen molar-refractivity contribution in [2.24, 2.45) is 7.05 Å². The first-order valence-electron chi connectivity index (χ1n) is 5.39. The molecule has 0 aromatic carbocycles. The Morgan fingerprint density at radius 1 is 1.53 bits per heavy atom. The number of rotatable bonds is 5. The summed E-state index contributed by atoms with van der Waals surface area (Å²) in [4.78, 5) is 4.52. The van der Waals surface area contributed by atoms with Crippen molar-refractivity contribution < 1.29 is 4.74 Å². The normalized spacial score (nSPS) is 10.8. The van der Waals surface area contributed by atoms with Crippen LogP contribution in [0.2, 0.25) is 0 Å². The molecule has 0 aliphatic heterocycles. The van der Waals surface area contributed by atoms with Gasteiger partial charge in [-0.15, -0.1) is 11.3 Å². The van der Waals surface area contributed by atoms with E-state index in [9.17, 15) is 0 Å². The monoisotopic (exact) mass is 252 g/mol. The van der Waals surface area contributed by atoms with Crippen LogP contribution in [-0.4, -0.2) is 35.0 Å². The number of hydrogen-bond acceptors (Lipinski definition) is 5. The molecule has 2 heterocycles. The van der Waals surface area contributed by atoms with Crippen LogP contribution in [0.3, 0.4) is 0 Å². The highest BCUT2D eigenvalue weighted by atomic mass is 32.1. The third-order valence-electron chi connectivity index (χ3n) is 2.38. The van der Waals surface area contributed by atoms with E-state index in [-0.39, 0.29) is 0 Å². The molecule has 1 N–H and O–H groups in total. The van der Waals surface area contributed by atoms with Crippen LogP contribution < -0.4 is 5.32 Å². The van der Waals surface area contributed by atoms with Crippen LogP contribution in [0.1, 0.15) is 5.69 Å². The zero-order valence-electron chi connectivity index (χ0n) is 10.2. The van der Waals surface area contributed by atoms with Gasteiger partial charge in [-0.3, -0.25) is 4.68 Å². The van der Waals surface area contributed by atoms with Crippen molar-refractivity contribution >= 4 is 16.5 Å². The maximum absolute atomic E-state index is 4.98. The first-order chi connectivity index (χ1) is 8.20. The molecule has 0 unspecified atom stereocenters. The van der Waals surface area contributed by atoms with Crippen molar-refractivity contribution in [1.29, 1.82) is 0 Å². The third-order valence-corrected chi connectivity index (χ3v) is 3.18. The summed E-state index contributed by atoms with van der Waals surface area (Å²) in [6.45, 7) is 3.45. The van der Waals surface area contributed by atoms with Gasteiger partial charge in [0.1, 0.15) is 0 Å². The van der Waals surface area contributed by atoms with Crippen LogP contribution in [0.4, 0.5) is 5.13 Å². The van der Waals surface area contributed by atoms with Crippen molar-refractivity contribution in [2.75, 3.05) is 25.6 Å². The fourth-order valence-corrected chi connectivity index (χ4v) is 2.33. The Hall–Kier alpha value is -1.40. The molecule has 92 valence electrons. The van der Waals surface area contributed by atoms with Gasteiger partial charge in [-0.1, -0.05) is 0 Å². The van der Waals surface area contributed by atoms with Crippen LogP contribution in [0.5, 0.6) is 0 Å². The smallest absolute Gasteiger partial charge is 0.183 e. The van der Waals surface area contributed by atoms with E-state index < -0.39 is 0 Å². The van der Waals surface area contributed by atoms with Gasteiger partial charge >= 0.3 is 0 Å². The van der Waals surface area contributed by atoms with Crippen molar-refractivity contribution in [3.05, 3.63) is 17.3 Å². The lowest BCUT2D eigenvalue weighted by Gasteiger charge is -1.99. The maximum Gasteiger partial charge on any atom is 0.183 e. The molecule has 0 aliphatic rings. The Morgan fingerprint density at radius 2 is 2.35 bits per heavy atom. The van der Waals surface area contributed by atoms with Gasteiger partial charge in [0.25, 0.3) is 0 Å². The van der Waals surface area contributed by atoms with Gasteiger partial charge in [0.05, 0.1) is 18.0 Å². The number of ether oxygens (including phenoxy) is 1. The van der Waals surface area contributed by atoms with E-state index in [1.54, 1.807) is 18.4 Å². The maximum atomic E-state index is 4.98. The van der Waals surface area contributed by atoms with E-state index in [1.807, 2.05) is 30.2 Å². The van der Waals surface area contributed by atoms with Gasteiger partial charge in [-0.2, -0.15) is 5.10 Å². The lowest BCUT2D eigenvalue weighted by molar-refractivity contribution is 0.211. The molecule has 0 atom stereocenters. The zero-order chi connectivity index (χ0) is 12.3. The molecule has 0 aliphatic carbocycles. The number of nitrogens with zero attached hydrogens (tertiary/aromatic N) is 3. The number of aromatic nitrogens is 3. The van der Waals surface area contributed by atoms with Gasteiger partial charge < -0.3 is 10.1 Å². The quantitative estimate of drug-likeness (QED) is 0.826. The van der Waals surface area contributed by atoms with Crippen LogP contribution in [0.25, 0.3) is 11.3 Å². The summed E-state index contributed by atoms with van der Waals surface area (Å²) >= 11 is 1.60. The Balaban J connectivity index is 2.10. The minimum Gasteiger partial charge on any atom is -0.383 e. The second-order valence-corrected chi connectivity index (χ2v) is 4.62. The topological polar surface area (TPSA) is 52.0 Å². The van der Waals surface area contributed by atoms with Crippen LogP contribution in [0.15, 0.2) is 11.6 Å². The molecule has 6 heteroatoms. The van der Waals surface area contributed by atoms with E-state index in [0.717, 1.165) is 28.6 Å². The van der Waals surface area contributed by atoms with Crippen molar-refractivity contribution in [2.45, 2.75) is 6.92 Å². The summed E-state index contributed by atoms with van der Waals surface area (Å²) in [7, 11) is 3.61. The molecule has 2 rings (SSSR count). The van der Waals surface area contributed by atoms with Crippen molar-refractivity contribution in [3.8, 4) is 11.3 Å². The number of hydrogen-bond donors (Lipinski definition) is 1. The first kappa shape index (κ1) is 12.1. The van der Waals surface area contributed by atoms with E-state index in [1.165, 1.54) is 0 Å². The standard InChI is InChI=1S/C11H16N4OS/c1-8-9(6-15(2)14-8)10-7-17-11(13-10)12-4-5-16-3/h6-7H,4-5H2,1-3H3,(H,12,13). The molecule has 0 fully saturated rings. The van der Waals surface area contributed by atoms with Gasteiger partial charge in [0.2, 0.25) is 0 Å². The number of nitrogens with one attached hydrogen (secondary N) is 1. The van der Waals surface area contributed by atoms with Crippen LogP contribution in [0, 0.1) is 6.92 Å². The molecule has 2 aromatic rings. The fraction of sp³-hybridized carbons (Fsp3) is 0.455. The molecule has 0 bridgehead atoms. The summed E-state index contributed by atoms with van der Waals surface area (Å²) < 4.78 is 6.79. The average molecular weight is 252 g/mol. The summed E-state index contributed by atoms with van der Waals surface area (Å²) in [6.07, 6.45) is 1.99. The SMILES string of the molecule is COCCNc1nc(-c2cn(C)nc2C)cs1. The minimum atomic E-state index is 0.681. The fourth-order valence-electron chi connectivity index (χ4n) is 1.59. The predicted molar refractivity (Wildman–Crippen MR) is 69.4 cm³/mol. The Labute approximate surface area is 104 Å².